The van der Waals surface area contributed by atoms with Gasteiger partial charge in [-0.3, -0.25) is 20.3 Å². The number of nitro groups is 1. The summed E-state index contributed by atoms with van der Waals surface area (Å²) in [6.45, 7) is 0. The number of aromatic carboxylic acids is 1. The zero-order valence-electron chi connectivity index (χ0n) is 14.5. The SMILES string of the molecule is NC(=S)N1N=C(c2ccc([N+](=O)[O-])cc2)/C(=N\Nc2ccc(C(=O)O)cc2)C1=O. The van der Waals surface area contributed by atoms with Gasteiger partial charge >= 0.3 is 11.9 Å². The number of carboxylic acids is 1. The highest BCUT2D eigenvalue weighted by Gasteiger charge is 2.34. The first-order valence-electron chi connectivity index (χ1n) is 7.92. The molecule has 0 bridgehead atoms. The molecule has 4 N–H and O–H groups in total. The number of carbonyl (C=O) groups excluding carboxylic acids is 1. The quantitative estimate of drug-likeness (QED) is 0.378. The van der Waals surface area contributed by atoms with Gasteiger partial charge in [0.05, 0.1) is 16.2 Å². The molecule has 0 fully saturated rings. The molecule has 0 saturated carbocycles. The number of hydrazone groups is 2. The standard InChI is InChI=1S/C17H12N6O5S/c18-17(29)22-15(24)14(20-19-11-5-1-10(2-6-11)16(25)26)13(21-22)9-3-7-12(8-4-9)23(27)28/h1-8,19H,(H2,18,29)(H,25,26)/b20-14+. The molecule has 146 valence electrons. The number of nitro benzene ring substituents is 1. The summed E-state index contributed by atoms with van der Waals surface area (Å²) < 4.78 is 0. The smallest absolute Gasteiger partial charge is 0.335 e. The van der Waals surface area contributed by atoms with Crippen molar-refractivity contribution < 1.29 is 19.6 Å². The largest absolute Gasteiger partial charge is 0.478 e. The predicted octanol–water partition coefficient (Wildman–Crippen LogP) is 1.55. The van der Waals surface area contributed by atoms with Gasteiger partial charge in [-0.1, -0.05) is 0 Å². The summed E-state index contributed by atoms with van der Waals surface area (Å²) >= 11 is 4.82. The summed E-state index contributed by atoms with van der Waals surface area (Å²) in [6.07, 6.45) is 0. The molecule has 12 heteroatoms. The third-order valence-corrected chi connectivity index (χ3v) is 3.98. The number of non-ortho nitro benzene ring substituents is 1. The molecule has 0 atom stereocenters. The highest BCUT2D eigenvalue weighted by atomic mass is 32.1. The summed E-state index contributed by atoms with van der Waals surface area (Å²) in [7, 11) is 0. The van der Waals surface area contributed by atoms with Gasteiger partial charge in [0.2, 0.25) is 0 Å². The first kappa shape index (κ1) is 19.6. The Labute approximate surface area is 168 Å². The molecule has 2 aromatic carbocycles. The molecule has 1 aliphatic heterocycles. The number of hydrogen-bond acceptors (Lipinski definition) is 8. The summed E-state index contributed by atoms with van der Waals surface area (Å²) in [4.78, 5) is 33.7. The average molecular weight is 412 g/mol. The Hall–Kier alpha value is -4.19. The van der Waals surface area contributed by atoms with Crippen molar-refractivity contribution in [3.05, 3.63) is 69.8 Å². The minimum atomic E-state index is -1.08. The van der Waals surface area contributed by atoms with Crippen LogP contribution in [0.15, 0.2) is 58.7 Å². The van der Waals surface area contributed by atoms with Crippen molar-refractivity contribution in [2.45, 2.75) is 0 Å². The topological polar surface area (TPSA) is 164 Å². The number of carboxylic acid groups (broad SMARTS) is 1. The minimum Gasteiger partial charge on any atom is -0.478 e. The van der Waals surface area contributed by atoms with E-state index in [-0.39, 0.29) is 27.8 Å². The van der Waals surface area contributed by atoms with Crippen molar-refractivity contribution in [2.75, 3.05) is 5.43 Å². The second kappa shape index (κ2) is 7.82. The van der Waals surface area contributed by atoms with E-state index in [2.05, 4.69) is 15.6 Å². The molecule has 29 heavy (non-hydrogen) atoms. The third kappa shape index (κ3) is 4.06. The maximum atomic E-state index is 12.6. The Bertz CT molecular complexity index is 1080. The van der Waals surface area contributed by atoms with Gasteiger partial charge in [0, 0.05) is 17.7 Å². The van der Waals surface area contributed by atoms with Crippen LogP contribution in [0.5, 0.6) is 0 Å². The molecule has 0 aliphatic carbocycles. The zero-order valence-corrected chi connectivity index (χ0v) is 15.3. The van der Waals surface area contributed by atoms with Crippen LogP contribution in [0.3, 0.4) is 0 Å². The van der Waals surface area contributed by atoms with Crippen LogP contribution in [0.2, 0.25) is 0 Å². The lowest BCUT2D eigenvalue weighted by Gasteiger charge is -2.07. The summed E-state index contributed by atoms with van der Waals surface area (Å²) in [5.41, 5.74) is 8.95. The molecule has 0 unspecified atom stereocenters. The summed E-state index contributed by atoms with van der Waals surface area (Å²) in [6, 6.07) is 11.1. The molecule has 1 heterocycles. The van der Waals surface area contributed by atoms with E-state index in [4.69, 9.17) is 23.1 Å². The molecule has 0 saturated heterocycles. The lowest BCUT2D eigenvalue weighted by Crippen LogP contribution is -2.36. The van der Waals surface area contributed by atoms with Crippen LogP contribution in [0.1, 0.15) is 15.9 Å². The van der Waals surface area contributed by atoms with E-state index >= 15 is 0 Å². The van der Waals surface area contributed by atoms with Gasteiger partial charge < -0.3 is 10.8 Å². The van der Waals surface area contributed by atoms with E-state index in [1.54, 1.807) is 0 Å². The Morgan fingerprint density at radius 2 is 1.83 bits per heavy atom. The molecule has 1 amide bonds. The zero-order chi connectivity index (χ0) is 21.1. The van der Waals surface area contributed by atoms with Crippen molar-refractivity contribution in [3.8, 4) is 0 Å². The van der Waals surface area contributed by atoms with Gasteiger partial charge in [-0.05, 0) is 48.6 Å². The normalized spacial score (nSPS) is 14.6. The van der Waals surface area contributed by atoms with Gasteiger partial charge in [0.1, 0.15) is 5.71 Å². The minimum absolute atomic E-state index is 0.0907. The fourth-order valence-electron chi connectivity index (χ4n) is 2.39. The van der Waals surface area contributed by atoms with Crippen LogP contribution >= 0.6 is 12.2 Å². The Morgan fingerprint density at radius 1 is 1.21 bits per heavy atom. The Kier molecular flexibility index (Phi) is 5.27. The van der Waals surface area contributed by atoms with Crippen LogP contribution in [0.25, 0.3) is 0 Å². The summed E-state index contributed by atoms with van der Waals surface area (Å²) in [5.74, 6) is -1.76. The highest BCUT2D eigenvalue weighted by molar-refractivity contribution is 7.80. The van der Waals surface area contributed by atoms with E-state index in [0.717, 1.165) is 5.01 Å². The van der Waals surface area contributed by atoms with Crippen LogP contribution < -0.4 is 11.2 Å². The maximum Gasteiger partial charge on any atom is 0.335 e. The fraction of sp³-hybridized carbons (Fsp3) is 0. The van der Waals surface area contributed by atoms with Gasteiger partial charge in [-0.2, -0.15) is 15.2 Å². The first-order valence-corrected chi connectivity index (χ1v) is 8.33. The number of carbonyl (C=O) groups is 2. The van der Waals surface area contributed by atoms with Gasteiger partial charge in [0.25, 0.3) is 5.69 Å². The fourth-order valence-corrected chi connectivity index (χ4v) is 2.51. The van der Waals surface area contributed by atoms with E-state index in [9.17, 15) is 19.7 Å². The second-order valence-electron chi connectivity index (χ2n) is 5.66. The van der Waals surface area contributed by atoms with Crippen LogP contribution in [0.4, 0.5) is 11.4 Å². The number of benzene rings is 2. The number of amides is 1. The van der Waals surface area contributed by atoms with E-state index in [1.807, 2.05) is 0 Å². The molecule has 3 rings (SSSR count). The molecule has 0 aromatic heterocycles. The number of anilines is 1. The number of thiocarbonyl (C=S) groups is 1. The second-order valence-corrected chi connectivity index (χ2v) is 6.08. The molecular weight excluding hydrogens is 400 g/mol. The van der Waals surface area contributed by atoms with E-state index in [0.29, 0.717) is 11.3 Å². The van der Waals surface area contributed by atoms with Crippen molar-refractivity contribution in [3.63, 3.8) is 0 Å². The highest BCUT2D eigenvalue weighted by Crippen LogP contribution is 2.18. The van der Waals surface area contributed by atoms with Crippen molar-refractivity contribution in [1.82, 2.24) is 5.01 Å². The molecule has 0 spiro atoms. The first-order chi connectivity index (χ1) is 13.8. The third-order valence-electron chi connectivity index (χ3n) is 3.81. The Balaban J connectivity index is 1.93. The van der Waals surface area contributed by atoms with E-state index < -0.39 is 16.8 Å². The number of nitrogens with zero attached hydrogens (tertiary/aromatic N) is 4. The van der Waals surface area contributed by atoms with Crippen LogP contribution in [-0.4, -0.2) is 43.5 Å². The number of rotatable bonds is 5. The molecular formula is C17H12N6O5S. The maximum absolute atomic E-state index is 12.6. The lowest BCUT2D eigenvalue weighted by molar-refractivity contribution is -0.384. The molecule has 1 aliphatic rings. The van der Waals surface area contributed by atoms with E-state index in [1.165, 1.54) is 48.5 Å². The van der Waals surface area contributed by atoms with Crippen molar-refractivity contribution >= 4 is 52.0 Å². The van der Waals surface area contributed by atoms with Gasteiger partial charge in [-0.15, -0.1) is 0 Å². The van der Waals surface area contributed by atoms with Crippen LogP contribution in [-0.2, 0) is 4.79 Å². The lowest BCUT2D eigenvalue weighted by atomic mass is 10.1. The van der Waals surface area contributed by atoms with Crippen LogP contribution in [0, 0.1) is 10.1 Å². The van der Waals surface area contributed by atoms with Gasteiger partial charge in [-0.25, -0.2) is 4.79 Å². The average Bonchev–Trinajstić information content (AvgIpc) is 3.03. The molecule has 0 radical (unpaired) electrons. The monoisotopic (exact) mass is 412 g/mol. The van der Waals surface area contributed by atoms with Gasteiger partial charge in [0.15, 0.2) is 10.8 Å². The predicted molar refractivity (Wildman–Crippen MR) is 108 cm³/mol. The number of hydrogen-bond donors (Lipinski definition) is 3. The molecule has 11 nitrogen and oxygen atoms in total. The van der Waals surface area contributed by atoms with Crippen molar-refractivity contribution in [2.24, 2.45) is 15.9 Å². The summed E-state index contributed by atoms with van der Waals surface area (Å²) in [5, 5.41) is 28.4. The number of nitrogens with one attached hydrogen (secondary N) is 1. The molecule has 2 aromatic rings. The Morgan fingerprint density at radius 3 is 2.34 bits per heavy atom. The van der Waals surface area contributed by atoms with Crippen molar-refractivity contribution in [1.29, 1.82) is 0 Å². The number of nitrogens with two attached hydrogens (primary N) is 1.